The third-order valence-electron chi connectivity index (χ3n) is 1.70. The van der Waals surface area contributed by atoms with Crippen molar-refractivity contribution in [3.05, 3.63) is 33.8 Å². The first kappa shape index (κ1) is 11.4. The molecule has 0 aromatic carbocycles. The van der Waals surface area contributed by atoms with Gasteiger partial charge in [-0.2, -0.15) is 0 Å². The van der Waals surface area contributed by atoms with Crippen LogP contribution in [0.4, 0.5) is 0 Å². The Bertz CT molecular complexity index is 336. The Hall–Kier alpha value is -0.633. The minimum absolute atomic E-state index is 0.779. The minimum Gasteiger partial charge on any atom is -0.347 e. The first-order valence-electron chi connectivity index (χ1n) is 4.50. The van der Waals surface area contributed by atoms with E-state index in [0.29, 0.717) is 0 Å². The number of hydrogen-bond acceptors (Lipinski definition) is 2. The van der Waals surface area contributed by atoms with Crippen molar-refractivity contribution < 1.29 is 4.43 Å². The molecular formula is C10H15NOSSi. The Kier molecular flexibility index (Phi) is 3.15. The Balaban J connectivity index is 2.95. The summed E-state index contributed by atoms with van der Waals surface area (Å²) in [5.41, 5.74) is -0.779. The Labute approximate surface area is 90.5 Å². The summed E-state index contributed by atoms with van der Waals surface area (Å²) < 4.78 is 5.91. The quantitative estimate of drug-likeness (QED) is 0.565. The third kappa shape index (κ3) is 2.68. The van der Waals surface area contributed by atoms with Crippen LogP contribution in [0.5, 0.6) is 0 Å². The molecule has 1 aromatic heterocycles. The molecule has 1 rings (SSSR count). The summed E-state index contributed by atoms with van der Waals surface area (Å²) in [6.45, 7) is 15.4. The SMILES string of the molecule is [C-]#[N+]C(C)(O[Si](C)(C)C)c1cccs1. The summed E-state index contributed by atoms with van der Waals surface area (Å²) in [5, 5.41) is 1.98. The summed E-state index contributed by atoms with van der Waals surface area (Å²) in [7, 11) is -1.68. The lowest BCUT2D eigenvalue weighted by Crippen LogP contribution is -2.35. The molecule has 0 fully saturated rings. The van der Waals surface area contributed by atoms with Gasteiger partial charge in [-0.1, -0.05) is 6.07 Å². The Morgan fingerprint density at radius 3 is 2.50 bits per heavy atom. The number of hydrogen-bond donors (Lipinski definition) is 0. The number of nitrogens with zero attached hydrogens (tertiary/aromatic N) is 1. The van der Waals surface area contributed by atoms with Crippen LogP contribution in [0, 0.1) is 6.57 Å². The van der Waals surface area contributed by atoms with Crippen LogP contribution < -0.4 is 0 Å². The zero-order valence-electron chi connectivity index (χ0n) is 9.00. The first-order chi connectivity index (χ1) is 6.37. The fourth-order valence-corrected chi connectivity index (χ4v) is 3.46. The van der Waals surface area contributed by atoms with Crippen molar-refractivity contribution in [2.45, 2.75) is 32.3 Å². The monoisotopic (exact) mass is 225 g/mol. The molecule has 1 unspecified atom stereocenters. The van der Waals surface area contributed by atoms with Crippen molar-refractivity contribution in [2.24, 2.45) is 0 Å². The first-order valence-corrected chi connectivity index (χ1v) is 8.79. The molecule has 0 aliphatic carbocycles. The van der Waals surface area contributed by atoms with E-state index in [1.165, 1.54) is 0 Å². The third-order valence-corrected chi connectivity index (χ3v) is 3.77. The molecule has 1 aromatic rings. The lowest BCUT2D eigenvalue weighted by Gasteiger charge is -2.25. The van der Waals surface area contributed by atoms with Crippen LogP contribution in [-0.2, 0) is 10.2 Å². The molecule has 0 aliphatic rings. The Morgan fingerprint density at radius 1 is 1.50 bits per heavy atom. The fraction of sp³-hybridized carbons (Fsp3) is 0.500. The molecule has 76 valence electrons. The zero-order chi connectivity index (χ0) is 10.8. The van der Waals surface area contributed by atoms with E-state index < -0.39 is 14.0 Å². The van der Waals surface area contributed by atoms with Crippen molar-refractivity contribution in [2.75, 3.05) is 0 Å². The normalized spacial score (nSPS) is 15.9. The van der Waals surface area contributed by atoms with E-state index in [0.717, 1.165) is 4.88 Å². The van der Waals surface area contributed by atoms with Gasteiger partial charge in [0.2, 0.25) is 0 Å². The van der Waals surface area contributed by atoms with Crippen molar-refractivity contribution >= 4 is 19.7 Å². The van der Waals surface area contributed by atoms with Crippen LogP contribution >= 0.6 is 11.3 Å². The average molecular weight is 225 g/mol. The van der Waals surface area contributed by atoms with Gasteiger partial charge < -0.3 is 4.43 Å². The highest BCUT2D eigenvalue weighted by Crippen LogP contribution is 2.33. The standard InChI is InChI=1S/C10H15NOSSi/c1-10(11-2,12-14(3,4)5)9-7-6-8-13-9/h6-8H,1,3-5H3. The lowest BCUT2D eigenvalue weighted by atomic mass is 10.2. The van der Waals surface area contributed by atoms with Gasteiger partial charge in [-0.25, -0.2) is 6.57 Å². The predicted molar refractivity (Wildman–Crippen MR) is 62.7 cm³/mol. The molecule has 0 aliphatic heterocycles. The summed E-state index contributed by atoms with van der Waals surface area (Å²) >= 11 is 1.58. The molecule has 0 saturated heterocycles. The van der Waals surface area contributed by atoms with Crippen LogP contribution in [0.2, 0.25) is 19.6 Å². The fourth-order valence-electron chi connectivity index (χ4n) is 1.27. The second-order valence-corrected chi connectivity index (χ2v) is 9.66. The van der Waals surface area contributed by atoms with Gasteiger partial charge >= 0.3 is 5.72 Å². The summed E-state index contributed by atoms with van der Waals surface area (Å²) in [5.74, 6) is 0. The van der Waals surface area contributed by atoms with E-state index in [1.54, 1.807) is 11.3 Å². The second kappa shape index (κ2) is 3.85. The van der Waals surface area contributed by atoms with E-state index in [9.17, 15) is 0 Å². The largest absolute Gasteiger partial charge is 0.361 e. The van der Waals surface area contributed by atoms with Crippen LogP contribution in [0.1, 0.15) is 11.8 Å². The Morgan fingerprint density at radius 2 is 2.14 bits per heavy atom. The van der Waals surface area contributed by atoms with E-state index in [4.69, 9.17) is 11.0 Å². The molecule has 0 radical (unpaired) electrons. The van der Waals surface area contributed by atoms with E-state index >= 15 is 0 Å². The minimum atomic E-state index is -1.68. The summed E-state index contributed by atoms with van der Waals surface area (Å²) in [6.07, 6.45) is 0. The van der Waals surface area contributed by atoms with Crippen molar-refractivity contribution in [1.82, 2.24) is 0 Å². The maximum Gasteiger partial charge on any atom is 0.361 e. The van der Waals surface area contributed by atoms with Gasteiger partial charge in [0.15, 0.2) is 8.32 Å². The average Bonchev–Trinajstić information content (AvgIpc) is 2.53. The highest BCUT2D eigenvalue weighted by molar-refractivity contribution is 7.10. The highest BCUT2D eigenvalue weighted by atomic mass is 32.1. The second-order valence-electron chi connectivity index (χ2n) is 4.29. The maximum absolute atomic E-state index is 7.24. The zero-order valence-corrected chi connectivity index (χ0v) is 10.8. The lowest BCUT2D eigenvalue weighted by molar-refractivity contribution is 0.134. The van der Waals surface area contributed by atoms with E-state index in [1.807, 2.05) is 24.4 Å². The molecule has 0 bridgehead atoms. The molecule has 0 N–H and O–H groups in total. The van der Waals surface area contributed by atoms with Crippen LogP contribution in [0.15, 0.2) is 17.5 Å². The number of thiophene rings is 1. The molecular weight excluding hydrogens is 210 g/mol. The predicted octanol–water partition coefficient (Wildman–Crippen LogP) is 3.69. The topological polar surface area (TPSA) is 13.6 Å². The molecule has 2 nitrogen and oxygen atoms in total. The molecule has 0 saturated carbocycles. The molecule has 0 spiro atoms. The van der Waals surface area contributed by atoms with Gasteiger partial charge in [-0.05, 0) is 31.1 Å². The van der Waals surface area contributed by atoms with Gasteiger partial charge in [-0.15, -0.1) is 11.3 Å². The van der Waals surface area contributed by atoms with Gasteiger partial charge in [0.05, 0.1) is 0 Å². The van der Waals surface area contributed by atoms with Gasteiger partial charge in [0.1, 0.15) is 4.88 Å². The molecule has 4 heteroatoms. The van der Waals surface area contributed by atoms with E-state index in [2.05, 4.69) is 24.5 Å². The smallest absolute Gasteiger partial charge is 0.347 e. The van der Waals surface area contributed by atoms with Crippen molar-refractivity contribution in [1.29, 1.82) is 0 Å². The van der Waals surface area contributed by atoms with Gasteiger partial charge in [-0.3, -0.25) is 4.85 Å². The summed E-state index contributed by atoms with van der Waals surface area (Å²) in [4.78, 5) is 4.62. The van der Waals surface area contributed by atoms with E-state index in [-0.39, 0.29) is 0 Å². The van der Waals surface area contributed by atoms with Crippen molar-refractivity contribution in [3.8, 4) is 0 Å². The maximum atomic E-state index is 7.24. The number of rotatable bonds is 3. The summed E-state index contributed by atoms with van der Waals surface area (Å²) in [6, 6.07) is 3.92. The molecule has 0 amide bonds. The van der Waals surface area contributed by atoms with Crippen LogP contribution in [-0.4, -0.2) is 8.32 Å². The van der Waals surface area contributed by atoms with Crippen molar-refractivity contribution in [3.63, 3.8) is 0 Å². The van der Waals surface area contributed by atoms with Crippen LogP contribution in [0.25, 0.3) is 4.85 Å². The van der Waals surface area contributed by atoms with Crippen LogP contribution in [0.3, 0.4) is 0 Å². The highest BCUT2D eigenvalue weighted by Gasteiger charge is 2.39. The molecule has 1 atom stereocenters. The van der Waals surface area contributed by atoms with Gasteiger partial charge in [0, 0.05) is 6.92 Å². The molecule has 14 heavy (non-hydrogen) atoms. The van der Waals surface area contributed by atoms with Gasteiger partial charge in [0.25, 0.3) is 0 Å². The molecule has 1 heterocycles.